The maximum Gasteiger partial charge on any atom is 0.193 e. The molecule has 0 radical (unpaired) electrons. The summed E-state index contributed by atoms with van der Waals surface area (Å²) >= 11 is 6.15. The van der Waals surface area contributed by atoms with Crippen LogP contribution in [0.2, 0.25) is 41.3 Å². The molecule has 0 saturated carbocycles. The fraction of sp³-hybridized carbons (Fsp3) is 0.690. The lowest BCUT2D eigenvalue weighted by Crippen LogP contribution is -2.46. The maximum atomic E-state index is 11.2. The Bertz CT molecular complexity index is 904. The second-order valence-corrected chi connectivity index (χ2v) is 23.1. The van der Waals surface area contributed by atoms with Gasteiger partial charge in [0.2, 0.25) is 0 Å². The highest BCUT2D eigenvalue weighted by Crippen LogP contribution is 2.41. The number of carbonyl (C=O) groups excluding carboxylic acids is 1. The van der Waals surface area contributed by atoms with Crippen LogP contribution in [-0.2, 0) is 18.4 Å². The van der Waals surface area contributed by atoms with Crippen LogP contribution in [0.25, 0.3) is 0 Å². The molecule has 37 heavy (non-hydrogen) atoms. The van der Waals surface area contributed by atoms with E-state index in [1.54, 1.807) is 0 Å². The molecule has 210 valence electrons. The van der Waals surface area contributed by atoms with Crippen molar-refractivity contribution < 1.29 is 23.1 Å². The molecule has 1 aromatic carbocycles. The van der Waals surface area contributed by atoms with Gasteiger partial charge < -0.3 is 23.1 Å². The number of ether oxygens (including phenoxy) is 2. The molecule has 1 fully saturated rings. The molecular weight excluding hydrogens is 520 g/mol. The molecule has 0 N–H and O–H groups in total. The first-order valence-corrected chi connectivity index (χ1v) is 19.6. The highest BCUT2D eigenvalue weighted by molar-refractivity contribution is 6.74. The molecule has 1 saturated heterocycles. The number of halogens is 1. The summed E-state index contributed by atoms with van der Waals surface area (Å²) < 4.78 is 25.8. The van der Waals surface area contributed by atoms with Crippen LogP contribution in [0.3, 0.4) is 0 Å². The fourth-order valence-corrected chi connectivity index (χ4v) is 6.59. The van der Waals surface area contributed by atoms with Crippen LogP contribution in [0.5, 0.6) is 5.75 Å². The number of aldehydes is 1. The molecule has 1 aliphatic heterocycles. The smallest absolute Gasteiger partial charge is 0.193 e. The number of carbonyl (C=O) groups is 1. The van der Waals surface area contributed by atoms with Crippen molar-refractivity contribution in [3.63, 3.8) is 0 Å². The lowest BCUT2D eigenvalue weighted by Gasteiger charge is -2.39. The normalized spacial score (nSPS) is 22.4. The Labute approximate surface area is 232 Å². The Morgan fingerprint density at radius 1 is 1.08 bits per heavy atom. The number of benzene rings is 1. The maximum absolute atomic E-state index is 11.2. The third kappa shape index (κ3) is 9.32. The highest BCUT2D eigenvalue weighted by atomic mass is 35.5. The van der Waals surface area contributed by atoms with Crippen molar-refractivity contribution >= 4 is 34.5 Å². The van der Waals surface area contributed by atoms with Crippen LogP contribution in [0.15, 0.2) is 36.4 Å². The Morgan fingerprint density at radius 3 is 2.30 bits per heavy atom. The molecule has 1 aliphatic rings. The van der Waals surface area contributed by atoms with E-state index >= 15 is 0 Å². The largest absolute Gasteiger partial charge is 0.491 e. The minimum Gasteiger partial charge on any atom is -0.491 e. The van der Waals surface area contributed by atoms with Gasteiger partial charge in [-0.25, -0.2) is 0 Å². The first-order chi connectivity index (χ1) is 17.0. The highest BCUT2D eigenvalue weighted by Gasteiger charge is 2.45. The van der Waals surface area contributed by atoms with Crippen LogP contribution < -0.4 is 4.74 Å². The summed E-state index contributed by atoms with van der Waals surface area (Å²) in [6.07, 6.45) is 6.02. The molecule has 1 unspecified atom stereocenters. The van der Waals surface area contributed by atoms with E-state index in [9.17, 15) is 4.79 Å². The Hall–Kier alpha value is -0.966. The summed E-state index contributed by atoms with van der Waals surface area (Å²) in [7, 11) is -4.04. The second kappa shape index (κ2) is 12.9. The molecule has 1 aromatic rings. The summed E-state index contributed by atoms with van der Waals surface area (Å²) in [6.45, 7) is 23.4. The zero-order valence-corrected chi connectivity index (χ0v) is 27.4. The van der Waals surface area contributed by atoms with E-state index in [1.165, 1.54) is 0 Å². The average Bonchev–Trinajstić information content (AvgIpc) is 3.13. The molecule has 0 spiro atoms. The van der Waals surface area contributed by atoms with E-state index in [-0.39, 0.29) is 34.3 Å². The van der Waals surface area contributed by atoms with Gasteiger partial charge in [-0.15, -0.1) is 0 Å². The van der Waals surface area contributed by atoms with Crippen molar-refractivity contribution in [3.05, 3.63) is 41.4 Å². The van der Waals surface area contributed by atoms with Crippen molar-refractivity contribution in [1.82, 2.24) is 0 Å². The first-order valence-electron chi connectivity index (χ1n) is 13.4. The van der Waals surface area contributed by atoms with Gasteiger partial charge in [-0.05, 0) is 60.9 Å². The van der Waals surface area contributed by atoms with Gasteiger partial charge in [0.05, 0.1) is 24.9 Å². The molecule has 0 aliphatic carbocycles. The van der Waals surface area contributed by atoms with Crippen LogP contribution in [0.1, 0.15) is 54.4 Å². The van der Waals surface area contributed by atoms with Gasteiger partial charge in [-0.2, -0.15) is 0 Å². The van der Waals surface area contributed by atoms with Crippen molar-refractivity contribution in [2.45, 2.75) is 109 Å². The molecular formula is C29H49ClO5Si2. The van der Waals surface area contributed by atoms with Crippen LogP contribution in [0.4, 0.5) is 0 Å². The Balaban J connectivity index is 2.23. The van der Waals surface area contributed by atoms with Crippen LogP contribution in [-0.4, -0.2) is 54.4 Å². The van der Waals surface area contributed by atoms with E-state index in [1.807, 2.05) is 24.3 Å². The predicted molar refractivity (Wildman–Crippen MR) is 159 cm³/mol. The quantitative estimate of drug-likeness (QED) is 0.145. The molecule has 8 heteroatoms. The van der Waals surface area contributed by atoms with Crippen LogP contribution >= 0.6 is 11.6 Å². The minimum absolute atomic E-state index is 0.0158. The first kappa shape index (κ1) is 32.2. The van der Waals surface area contributed by atoms with Crippen molar-refractivity contribution in [1.29, 1.82) is 0 Å². The zero-order chi connectivity index (χ0) is 28.1. The summed E-state index contributed by atoms with van der Waals surface area (Å²) in [5.41, 5.74) is 0. The van der Waals surface area contributed by atoms with E-state index in [4.69, 9.17) is 29.9 Å². The minimum atomic E-state index is -2.06. The van der Waals surface area contributed by atoms with E-state index < -0.39 is 16.6 Å². The third-order valence-electron chi connectivity index (χ3n) is 8.20. The van der Waals surface area contributed by atoms with Gasteiger partial charge in [-0.1, -0.05) is 71.4 Å². The fourth-order valence-electron chi connectivity index (χ4n) is 3.80. The molecule has 5 nitrogen and oxygen atoms in total. The van der Waals surface area contributed by atoms with E-state index in [2.05, 4.69) is 79.9 Å². The zero-order valence-electron chi connectivity index (χ0n) is 24.6. The van der Waals surface area contributed by atoms with E-state index in [0.29, 0.717) is 30.4 Å². The summed E-state index contributed by atoms with van der Waals surface area (Å²) in [4.78, 5) is 11.2. The van der Waals surface area contributed by atoms with Crippen LogP contribution in [0, 0.1) is 5.92 Å². The number of rotatable bonds is 12. The van der Waals surface area contributed by atoms with Gasteiger partial charge in [0.1, 0.15) is 18.6 Å². The summed E-state index contributed by atoms with van der Waals surface area (Å²) in [5, 5.41) is 0.809. The Kier molecular flexibility index (Phi) is 11.3. The van der Waals surface area contributed by atoms with Crippen molar-refractivity contribution in [3.8, 4) is 5.75 Å². The van der Waals surface area contributed by atoms with Gasteiger partial charge in [0.15, 0.2) is 16.6 Å². The second-order valence-electron chi connectivity index (χ2n) is 13.2. The monoisotopic (exact) mass is 568 g/mol. The number of hydrogen-bond acceptors (Lipinski definition) is 5. The van der Waals surface area contributed by atoms with Gasteiger partial charge in [0.25, 0.3) is 0 Å². The molecule has 2 rings (SSSR count). The number of hydrogen-bond donors (Lipinski definition) is 0. The SMILES string of the molecule is CC(C)(C)[Si](C)(C)OC(/C=C/[C@H]1OC[C@H](O[Si](C)(C)C(C)(C)C)[C@@H]1CCC=O)COc1cccc(Cl)c1. The van der Waals surface area contributed by atoms with Gasteiger partial charge in [0, 0.05) is 17.4 Å². The standard InChI is InChI=1S/C29H49ClO5Si2/c1-28(2,3)36(7,8)34-24(20-32-23-14-11-13-22(30)19-23)16-17-26-25(15-12-18-31)27(21-33-26)35-37(9,10)29(4,5)6/h11,13-14,16-19,24-27H,12,15,20-21H2,1-10H3/b17-16+/t24?,25-,26-,27+/m1/s1. The summed E-state index contributed by atoms with van der Waals surface area (Å²) in [5.74, 6) is 0.839. The molecule has 1 heterocycles. The molecule has 4 atom stereocenters. The lowest BCUT2D eigenvalue weighted by atomic mass is 9.93. The van der Waals surface area contributed by atoms with Crippen molar-refractivity contribution in [2.24, 2.45) is 5.92 Å². The van der Waals surface area contributed by atoms with E-state index in [0.717, 1.165) is 12.7 Å². The van der Waals surface area contributed by atoms with Crippen molar-refractivity contribution in [2.75, 3.05) is 13.2 Å². The topological polar surface area (TPSA) is 54.0 Å². The molecule has 0 amide bonds. The van der Waals surface area contributed by atoms with Gasteiger partial charge in [-0.3, -0.25) is 0 Å². The van der Waals surface area contributed by atoms with Gasteiger partial charge >= 0.3 is 0 Å². The molecule has 0 bridgehead atoms. The lowest BCUT2D eigenvalue weighted by molar-refractivity contribution is -0.108. The summed E-state index contributed by atoms with van der Waals surface area (Å²) in [6, 6.07) is 7.42. The Morgan fingerprint density at radius 2 is 1.73 bits per heavy atom. The third-order valence-corrected chi connectivity index (χ3v) is 17.4. The average molecular weight is 569 g/mol. The molecule has 0 aromatic heterocycles. The predicted octanol–water partition coefficient (Wildman–Crippen LogP) is 8.05.